The minimum Gasteiger partial charge on any atom is -0.505 e. The molecule has 0 aliphatic rings. The van der Waals surface area contributed by atoms with Crippen LogP contribution in [0.4, 0.5) is 0 Å². The number of aromatic hydroxyl groups is 1. The quantitative estimate of drug-likeness (QED) is 0.774. The Morgan fingerprint density at radius 2 is 1.75 bits per heavy atom. The third-order valence-corrected chi connectivity index (χ3v) is 3.68. The van der Waals surface area contributed by atoms with Crippen LogP contribution in [-0.4, -0.2) is 10.1 Å². The Morgan fingerprint density at radius 3 is 2.55 bits per heavy atom. The molecular weight excluding hydrogens is 270 g/mol. The van der Waals surface area contributed by atoms with Crippen molar-refractivity contribution < 1.29 is 5.11 Å². The van der Waals surface area contributed by atoms with Crippen molar-refractivity contribution in [3.05, 3.63) is 70.9 Å². The zero-order chi connectivity index (χ0) is 13.9. The maximum absolute atomic E-state index is 10.3. The van der Waals surface area contributed by atoms with Gasteiger partial charge in [-0.2, -0.15) is 0 Å². The first kappa shape index (κ1) is 12.9. The molecule has 100 valence electrons. The van der Waals surface area contributed by atoms with Crippen LogP contribution < -0.4 is 0 Å². The second-order valence-corrected chi connectivity index (χ2v) is 5.21. The normalized spacial score (nSPS) is 10.8. The summed E-state index contributed by atoms with van der Waals surface area (Å²) in [6.07, 6.45) is 3.34. The third-order valence-electron chi connectivity index (χ3n) is 3.43. The average Bonchev–Trinajstić information content (AvgIpc) is 2.49. The molecule has 1 heterocycles. The molecule has 0 unspecified atom stereocenters. The van der Waals surface area contributed by atoms with Crippen LogP contribution in [0.1, 0.15) is 11.1 Å². The first-order valence-electron chi connectivity index (χ1n) is 6.54. The van der Waals surface area contributed by atoms with E-state index in [0.717, 1.165) is 28.8 Å². The molecule has 0 amide bonds. The van der Waals surface area contributed by atoms with Crippen molar-refractivity contribution in [2.24, 2.45) is 0 Å². The highest BCUT2D eigenvalue weighted by Crippen LogP contribution is 2.27. The van der Waals surface area contributed by atoms with Gasteiger partial charge in [0.05, 0.1) is 0 Å². The average molecular weight is 284 g/mol. The molecule has 0 saturated carbocycles. The summed E-state index contributed by atoms with van der Waals surface area (Å²) in [5, 5.41) is 12.0. The smallest absolute Gasteiger partial charge is 0.144 e. The number of hydrogen-bond acceptors (Lipinski definition) is 2. The molecule has 3 heteroatoms. The minimum absolute atomic E-state index is 0.289. The SMILES string of the molecule is Oc1c(CCc2ccc(Cl)cc2)ccc2cccnc12. The fraction of sp³-hybridized carbons (Fsp3) is 0.118. The number of aryl methyl sites for hydroxylation is 2. The van der Waals surface area contributed by atoms with E-state index < -0.39 is 0 Å². The molecule has 1 aromatic heterocycles. The molecule has 0 fully saturated rings. The predicted molar refractivity (Wildman–Crippen MR) is 82.3 cm³/mol. The van der Waals surface area contributed by atoms with E-state index in [4.69, 9.17) is 11.6 Å². The Kier molecular flexibility index (Phi) is 3.57. The molecule has 20 heavy (non-hydrogen) atoms. The van der Waals surface area contributed by atoms with Crippen molar-refractivity contribution >= 4 is 22.5 Å². The molecule has 0 aliphatic carbocycles. The molecule has 0 bridgehead atoms. The minimum atomic E-state index is 0.289. The predicted octanol–water partition coefficient (Wildman–Crippen LogP) is 4.38. The monoisotopic (exact) mass is 283 g/mol. The van der Waals surface area contributed by atoms with Crippen molar-refractivity contribution in [3.63, 3.8) is 0 Å². The molecular formula is C17H14ClNO. The molecule has 1 N–H and O–H groups in total. The van der Waals surface area contributed by atoms with Crippen LogP contribution in [0.15, 0.2) is 54.7 Å². The number of rotatable bonds is 3. The highest BCUT2D eigenvalue weighted by atomic mass is 35.5. The highest BCUT2D eigenvalue weighted by molar-refractivity contribution is 6.30. The van der Waals surface area contributed by atoms with Crippen molar-refractivity contribution in [2.45, 2.75) is 12.8 Å². The van der Waals surface area contributed by atoms with Gasteiger partial charge in [0.15, 0.2) is 0 Å². The summed E-state index contributed by atoms with van der Waals surface area (Å²) in [5.74, 6) is 0.289. The molecule has 0 aliphatic heterocycles. The largest absolute Gasteiger partial charge is 0.505 e. The number of pyridine rings is 1. The maximum Gasteiger partial charge on any atom is 0.144 e. The van der Waals surface area contributed by atoms with Crippen LogP contribution in [-0.2, 0) is 12.8 Å². The van der Waals surface area contributed by atoms with Gasteiger partial charge in [-0.05, 0) is 42.2 Å². The summed E-state index contributed by atoms with van der Waals surface area (Å²) >= 11 is 5.87. The number of halogens is 1. The summed E-state index contributed by atoms with van der Waals surface area (Å²) < 4.78 is 0. The lowest BCUT2D eigenvalue weighted by molar-refractivity contribution is 0.473. The number of nitrogens with zero attached hydrogens (tertiary/aromatic N) is 1. The molecule has 2 nitrogen and oxygen atoms in total. The van der Waals surface area contributed by atoms with E-state index in [0.29, 0.717) is 5.52 Å². The Balaban J connectivity index is 1.84. The molecule has 0 saturated heterocycles. The molecule has 0 spiro atoms. The van der Waals surface area contributed by atoms with Gasteiger partial charge in [-0.1, -0.05) is 41.9 Å². The van der Waals surface area contributed by atoms with E-state index in [-0.39, 0.29) is 5.75 Å². The van der Waals surface area contributed by atoms with Crippen molar-refractivity contribution in [1.29, 1.82) is 0 Å². The first-order valence-corrected chi connectivity index (χ1v) is 6.92. The van der Waals surface area contributed by atoms with E-state index in [1.54, 1.807) is 6.20 Å². The van der Waals surface area contributed by atoms with E-state index >= 15 is 0 Å². The van der Waals surface area contributed by atoms with E-state index in [9.17, 15) is 5.11 Å². The van der Waals surface area contributed by atoms with Crippen molar-refractivity contribution in [3.8, 4) is 5.75 Å². The van der Waals surface area contributed by atoms with Crippen LogP contribution in [0.5, 0.6) is 5.75 Å². The molecule has 3 rings (SSSR count). The lowest BCUT2D eigenvalue weighted by atomic mass is 10.0. The lowest BCUT2D eigenvalue weighted by Crippen LogP contribution is -1.93. The van der Waals surface area contributed by atoms with E-state index in [2.05, 4.69) is 4.98 Å². The first-order chi connectivity index (χ1) is 9.74. The lowest BCUT2D eigenvalue weighted by Gasteiger charge is -2.07. The summed E-state index contributed by atoms with van der Waals surface area (Å²) in [6, 6.07) is 15.6. The Bertz CT molecular complexity index is 738. The third kappa shape index (κ3) is 2.61. The fourth-order valence-corrected chi connectivity index (χ4v) is 2.43. The maximum atomic E-state index is 10.3. The second kappa shape index (κ2) is 5.51. The second-order valence-electron chi connectivity index (χ2n) is 4.77. The molecule has 3 aromatic rings. The van der Waals surface area contributed by atoms with Gasteiger partial charge in [-0.25, -0.2) is 0 Å². The zero-order valence-electron chi connectivity index (χ0n) is 10.9. The summed E-state index contributed by atoms with van der Waals surface area (Å²) in [6.45, 7) is 0. The number of fused-ring (bicyclic) bond motifs is 1. The van der Waals surface area contributed by atoms with Crippen LogP contribution in [0, 0.1) is 0 Å². The van der Waals surface area contributed by atoms with Crippen molar-refractivity contribution in [1.82, 2.24) is 4.98 Å². The number of benzene rings is 2. The highest BCUT2D eigenvalue weighted by Gasteiger charge is 2.07. The Hall–Kier alpha value is -2.06. The van der Waals surface area contributed by atoms with Gasteiger partial charge >= 0.3 is 0 Å². The van der Waals surface area contributed by atoms with Crippen LogP contribution in [0.2, 0.25) is 5.02 Å². The van der Waals surface area contributed by atoms with Gasteiger partial charge in [0.25, 0.3) is 0 Å². The summed E-state index contributed by atoms with van der Waals surface area (Å²) in [4.78, 5) is 4.24. The Morgan fingerprint density at radius 1 is 0.950 bits per heavy atom. The van der Waals surface area contributed by atoms with Crippen molar-refractivity contribution in [2.75, 3.05) is 0 Å². The Labute approximate surface area is 122 Å². The van der Waals surface area contributed by atoms with Gasteiger partial charge < -0.3 is 5.11 Å². The number of phenolic OH excluding ortho intramolecular Hbond substituents is 1. The van der Waals surface area contributed by atoms with E-state index in [1.807, 2.05) is 48.5 Å². The van der Waals surface area contributed by atoms with Crippen LogP contribution >= 0.6 is 11.6 Å². The molecule has 0 radical (unpaired) electrons. The van der Waals surface area contributed by atoms with Gasteiger partial charge in [0.2, 0.25) is 0 Å². The molecule has 2 aromatic carbocycles. The topological polar surface area (TPSA) is 33.1 Å². The van der Waals surface area contributed by atoms with Gasteiger partial charge in [-0.3, -0.25) is 4.98 Å². The van der Waals surface area contributed by atoms with Gasteiger partial charge in [-0.15, -0.1) is 0 Å². The number of phenols is 1. The number of hydrogen-bond donors (Lipinski definition) is 1. The van der Waals surface area contributed by atoms with E-state index in [1.165, 1.54) is 5.56 Å². The van der Waals surface area contributed by atoms with Gasteiger partial charge in [0, 0.05) is 16.6 Å². The fourth-order valence-electron chi connectivity index (χ4n) is 2.30. The zero-order valence-corrected chi connectivity index (χ0v) is 11.6. The van der Waals surface area contributed by atoms with Crippen LogP contribution in [0.25, 0.3) is 10.9 Å². The van der Waals surface area contributed by atoms with Crippen LogP contribution in [0.3, 0.4) is 0 Å². The number of aromatic nitrogens is 1. The standard InChI is InChI=1S/C17H14ClNO/c18-15-9-4-12(5-10-15)3-6-14-8-7-13-2-1-11-19-16(13)17(14)20/h1-2,4-5,7-11,20H,3,6H2. The molecule has 0 atom stereocenters. The summed E-state index contributed by atoms with van der Waals surface area (Å²) in [7, 11) is 0. The summed E-state index contributed by atoms with van der Waals surface area (Å²) in [5.41, 5.74) is 2.79. The van der Waals surface area contributed by atoms with Gasteiger partial charge in [0.1, 0.15) is 11.3 Å².